The first-order valence-electron chi connectivity index (χ1n) is 7.66. The van der Waals surface area contributed by atoms with Crippen LogP contribution in [0.2, 0.25) is 0 Å². The van der Waals surface area contributed by atoms with Gasteiger partial charge in [0.2, 0.25) is 0 Å². The standard InChI is InChI=1S/C17H21FN2S/c1-3-4-15-16(10-19-12-6-7-12)21-17(20-15)13-8-5-11(2)9-14(13)18/h5,8-9,12,19H,3-4,6-7,10H2,1-2H3. The number of halogens is 1. The summed E-state index contributed by atoms with van der Waals surface area (Å²) in [5, 5.41) is 4.35. The lowest BCUT2D eigenvalue weighted by Crippen LogP contribution is -2.15. The zero-order valence-electron chi connectivity index (χ0n) is 12.6. The van der Waals surface area contributed by atoms with E-state index in [4.69, 9.17) is 4.98 Å². The number of hydrogen-bond donors (Lipinski definition) is 1. The average Bonchev–Trinajstić information content (AvgIpc) is 3.19. The van der Waals surface area contributed by atoms with E-state index in [0.29, 0.717) is 11.6 Å². The van der Waals surface area contributed by atoms with E-state index < -0.39 is 0 Å². The van der Waals surface area contributed by atoms with Crippen molar-refractivity contribution in [2.75, 3.05) is 0 Å². The number of aryl methyl sites for hydroxylation is 2. The van der Waals surface area contributed by atoms with Gasteiger partial charge in [0.25, 0.3) is 0 Å². The number of aromatic nitrogens is 1. The lowest BCUT2D eigenvalue weighted by molar-refractivity contribution is 0.630. The van der Waals surface area contributed by atoms with Crippen molar-refractivity contribution >= 4 is 11.3 Å². The summed E-state index contributed by atoms with van der Waals surface area (Å²) < 4.78 is 14.1. The lowest BCUT2D eigenvalue weighted by Gasteiger charge is -2.01. The first kappa shape index (κ1) is 14.7. The molecule has 1 aromatic carbocycles. The van der Waals surface area contributed by atoms with E-state index in [9.17, 15) is 4.39 Å². The molecule has 0 bridgehead atoms. The molecule has 0 radical (unpaired) electrons. The first-order valence-corrected chi connectivity index (χ1v) is 8.47. The molecule has 1 aliphatic rings. The van der Waals surface area contributed by atoms with Crippen molar-refractivity contribution in [3.05, 3.63) is 40.2 Å². The third kappa shape index (κ3) is 3.50. The monoisotopic (exact) mass is 304 g/mol. The van der Waals surface area contributed by atoms with Crippen LogP contribution in [-0.4, -0.2) is 11.0 Å². The summed E-state index contributed by atoms with van der Waals surface area (Å²) in [5.74, 6) is -0.173. The molecule has 0 atom stereocenters. The van der Waals surface area contributed by atoms with Gasteiger partial charge in [-0.05, 0) is 43.9 Å². The van der Waals surface area contributed by atoms with Crippen LogP contribution in [0.3, 0.4) is 0 Å². The smallest absolute Gasteiger partial charge is 0.133 e. The van der Waals surface area contributed by atoms with Crippen LogP contribution in [0.25, 0.3) is 10.6 Å². The summed E-state index contributed by atoms with van der Waals surface area (Å²) in [6.07, 6.45) is 4.59. The molecule has 112 valence electrons. The molecule has 1 N–H and O–H groups in total. The molecular weight excluding hydrogens is 283 g/mol. The van der Waals surface area contributed by atoms with E-state index in [1.54, 1.807) is 17.4 Å². The van der Waals surface area contributed by atoms with E-state index in [1.807, 2.05) is 19.1 Å². The minimum Gasteiger partial charge on any atom is -0.309 e. The Hall–Kier alpha value is -1.26. The molecule has 1 saturated carbocycles. The molecule has 0 spiro atoms. The molecular formula is C17H21FN2S. The largest absolute Gasteiger partial charge is 0.309 e. The summed E-state index contributed by atoms with van der Waals surface area (Å²) in [7, 11) is 0. The van der Waals surface area contributed by atoms with Gasteiger partial charge in [0.1, 0.15) is 10.8 Å². The highest BCUT2D eigenvalue weighted by Gasteiger charge is 2.22. The second-order valence-electron chi connectivity index (χ2n) is 5.78. The van der Waals surface area contributed by atoms with Crippen molar-refractivity contribution in [1.82, 2.24) is 10.3 Å². The zero-order chi connectivity index (χ0) is 14.8. The molecule has 0 unspecified atom stereocenters. The first-order chi connectivity index (χ1) is 10.2. The van der Waals surface area contributed by atoms with Gasteiger partial charge in [0.15, 0.2) is 0 Å². The Morgan fingerprint density at radius 3 is 2.86 bits per heavy atom. The summed E-state index contributed by atoms with van der Waals surface area (Å²) >= 11 is 1.63. The molecule has 0 saturated heterocycles. The number of benzene rings is 1. The van der Waals surface area contributed by atoms with Crippen LogP contribution >= 0.6 is 11.3 Å². The molecule has 0 aliphatic heterocycles. The quantitative estimate of drug-likeness (QED) is 0.852. The average molecular weight is 304 g/mol. The van der Waals surface area contributed by atoms with Crippen molar-refractivity contribution in [2.45, 2.75) is 52.1 Å². The van der Waals surface area contributed by atoms with Gasteiger partial charge in [-0.2, -0.15) is 0 Å². The zero-order valence-corrected chi connectivity index (χ0v) is 13.4. The third-order valence-electron chi connectivity index (χ3n) is 3.75. The summed E-state index contributed by atoms with van der Waals surface area (Å²) in [5.41, 5.74) is 2.70. The van der Waals surface area contributed by atoms with Gasteiger partial charge in [-0.1, -0.05) is 19.4 Å². The van der Waals surface area contributed by atoms with Gasteiger partial charge in [-0.3, -0.25) is 0 Å². The highest BCUT2D eigenvalue weighted by molar-refractivity contribution is 7.15. The Balaban J connectivity index is 1.88. The van der Waals surface area contributed by atoms with E-state index in [1.165, 1.54) is 17.7 Å². The molecule has 21 heavy (non-hydrogen) atoms. The van der Waals surface area contributed by atoms with Crippen LogP contribution in [0, 0.1) is 12.7 Å². The fraction of sp³-hybridized carbons (Fsp3) is 0.471. The van der Waals surface area contributed by atoms with Gasteiger partial charge in [0.05, 0.1) is 5.69 Å². The predicted octanol–water partition coefficient (Wildman–Crippen LogP) is 4.46. The molecule has 2 aromatic rings. The van der Waals surface area contributed by atoms with Crippen LogP contribution in [0.4, 0.5) is 4.39 Å². The Kier molecular flexibility index (Phi) is 4.36. The number of hydrogen-bond acceptors (Lipinski definition) is 3. The van der Waals surface area contributed by atoms with Crippen LogP contribution in [-0.2, 0) is 13.0 Å². The number of nitrogens with zero attached hydrogens (tertiary/aromatic N) is 1. The molecule has 2 nitrogen and oxygen atoms in total. The van der Waals surface area contributed by atoms with Crippen LogP contribution in [0.5, 0.6) is 0 Å². The Bertz CT molecular complexity index is 632. The fourth-order valence-corrected chi connectivity index (χ4v) is 3.47. The van der Waals surface area contributed by atoms with Gasteiger partial charge >= 0.3 is 0 Å². The minimum atomic E-state index is -0.173. The second-order valence-corrected chi connectivity index (χ2v) is 6.86. The SMILES string of the molecule is CCCc1nc(-c2ccc(C)cc2F)sc1CNC1CC1. The maximum Gasteiger partial charge on any atom is 0.133 e. The minimum absolute atomic E-state index is 0.173. The molecule has 1 heterocycles. The summed E-state index contributed by atoms with van der Waals surface area (Å²) in [6.45, 7) is 4.93. The molecule has 1 aliphatic carbocycles. The van der Waals surface area contributed by atoms with Crippen molar-refractivity contribution in [1.29, 1.82) is 0 Å². The van der Waals surface area contributed by atoms with E-state index in [0.717, 1.165) is 35.7 Å². The van der Waals surface area contributed by atoms with Crippen LogP contribution in [0.15, 0.2) is 18.2 Å². The summed E-state index contributed by atoms with van der Waals surface area (Å²) in [6, 6.07) is 6.05. The number of nitrogens with one attached hydrogen (secondary N) is 1. The molecule has 1 aromatic heterocycles. The second kappa shape index (κ2) is 6.24. The maximum absolute atomic E-state index is 14.1. The van der Waals surface area contributed by atoms with Crippen molar-refractivity contribution < 1.29 is 4.39 Å². The number of thiazole rings is 1. The topological polar surface area (TPSA) is 24.9 Å². The highest BCUT2D eigenvalue weighted by atomic mass is 32.1. The van der Waals surface area contributed by atoms with Crippen molar-refractivity contribution in [2.24, 2.45) is 0 Å². The maximum atomic E-state index is 14.1. The molecule has 3 rings (SSSR count). The predicted molar refractivity (Wildman–Crippen MR) is 86.1 cm³/mol. The summed E-state index contributed by atoms with van der Waals surface area (Å²) in [4.78, 5) is 5.96. The van der Waals surface area contributed by atoms with Gasteiger partial charge in [-0.25, -0.2) is 9.37 Å². The normalized spacial score (nSPS) is 14.6. The molecule has 4 heteroatoms. The van der Waals surface area contributed by atoms with Crippen molar-refractivity contribution in [3.8, 4) is 10.6 Å². The Morgan fingerprint density at radius 1 is 1.38 bits per heavy atom. The van der Waals surface area contributed by atoms with Gasteiger partial charge in [-0.15, -0.1) is 11.3 Å². The third-order valence-corrected chi connectivity index (χ3v) is 4.88. The highest BCUT2D eigenvalue weighted by Crippen LogP contribution is 2.31. The van der Waals surface area contributed by atoms with E-state index in [-0.39, 0.29) is 5.82 Å². The van der Waals surface area contributed by atoms with Gasteiger partial charge < -0.3 is 5.32 Å². The Labute approximate surface area is 129 Å². The van der Waals surface area contributed by atoms with Gasteiger partial charge in [0, 0.05) is 23.0 Å². The van der Waals surface area contributed by atoms with Crippen LogP contribution in [0.1, 0.15) is 42.3 Å². The van der Waals surface area contributed by atoms with E-state index in [2.05, 4.69) is 12.2 Å². The Morgan fingerprint density at radius 2 is 2.19 bits per heavy atom. The van der Waals surface area contributed by atoms with E-state index >= 15 is 0 Å². The lowest BCUT2D eigenvalue weighted by atomic mass is 10.1. The fourth-order valence-electron chi connectivity index (χ4n) is 2.39. The molecule has 1 fully saturated rings. The van der Waals surface area contributed by atoms with Crippen molar-refractivity contribution in [3.63, 3.8) is 0 Å². The number of rotatable bonds is 6. The molecule has 0 amide bonds. The van der Waals surface area contributed by atoms with Crippen LogP contribution < -0.4 is 5.32 Å².